The SMILES string of the molecule is CCCCCCOCC(COP(Cl)OC)OCCCCCC. The van der Waals surface area contributed by atoms with Crippen molar-refractivity contribution in [3.63, 3.8) is 0 Å². The fraction of sp³-hybridized carbons (Fsp3) is 1.00. The maximum Gasteiger partial charge on any atom is 0.276 e. The molecule has 0 aromatic carbocycles. The molecule has 22 heavy (non-hydrogen) atoms. The number of rotatable bonds is 17. The molecule has 0 N–H and O–H groups in total. The second-order valence-electron chi connectivity index (χ2n) is 5.38. The largest absolute Gasteiger partial charge is 0.379 e. The predicted octanol–water partition coefficient (Wildman–Crippen LogP) is 5.68. The summed E-state index contributed by atoms with van der Waals surface area (Å²) in [5.74, 6) is 0. The van der Waals surface area contributed by atoms with Gasteiger partial charge in [-0.05, 0) is 24.1 Å². The number of halogens is 1. The van der Waals surface area contributed by atoms with E-state index in [9.17, 15) is 0 Å². The molecule has 0 bridgehead atoms. The van der Waals surface area contributed by atoms with Gasteiger partial charge in [-0.3, -0.25) is 0 Å². The minimum absolute atomic E-state index is 0.0632. The lowest BCUT2D eigenvalue weighted by molar-refractivity contribution is -0.0383. The van der Waals surface area contributed by atoms with Gasteiger partial charge in [0.15, 0.2) is 0 Å². The zero-order chi connectivity index (χ0) is 16.5. The highest BCUT2D eigenvalue weighted by Gasteiger charge is 2.13. The van der Waals surface area contributed by atoms with E-state index in [4.69, 9.17) is 29.8 Å². The maximum absolute atomic E-state index is 5.86. The van der Waals surface area contributed by atoms with Crippen molar-refractivity contribution in [3.8, 4) is 0 Å². The Kier molecular flexibility index (Phi) is 18.4. The first-order valence-electron chi connectivity index (χ1n) is 8.56. The Labute approximate surface area is 142 Å². The van der Waals surface area contributed by atoms with E-state index in [-0.39, 0.29) is 6.10 Å². The molecule has 0 amide bonds. The normalized spacial score (nSPS) is 14.2. The van der Waals surface area contributed by atoms with Crippen LogP contribution < -0.4 is 0 Å². The average Bonchev–Trinajstić information content (AvgIpc) is 2.54. The molecule has 0 rings (SSSR count). The van der Waals surface area contributed by atoms with E-state index in [0.717, 1.165) is 26.1 Å². The lowest BCUT2D eigenvalue weighted by Crippen LogP contribution is -2.25. The van der Waals surface area contributed by atoms with Crippen molar-refractivity contribution >= 4 is 19.0 Å². The van der Waals surface area contributed by atoms with Crippen LogP contribution in [0.15, 0.2) is 0 Å². The summed E-state index contributed by atoms with van der Waals surface area (Å²) in [4.78, 5) is 0. The van der Waals surface area contributed by atoms with E-state index in [1.807, 2.05) is 0 Å². The number of ether oxygens (including phenoxy) is 2. The first-order chi connectivity index (χ1) is 10.7. The quantitative estimate of drug-likeness (QED) is 0.248. The standard InChI is InChI=1S/C16H34ClO4P/c1-4-6-8-10-12-19-14-16(15-21-22(17)18-3)20-13-11-9-7-5-2/h16H,4-15H2,1-3H3. The highest BCUT2D eigenvalue weighted by Crippen LogP contribution is 2.42. The Bertz CT molecular complexity index is 222. The summed E-state index contributed by atoms with van der Waals surface area (Å²) < 4.78 is 21.9. The summed E-state index contributed by atoms with van der Waals surface area (Å²) in [5.41, 5.74) is 0. The summed E-state index contributed by atoms with van der Waals surface area (Å²) in [6.07, 6.45) is 9.58. The van der Waals surface area contributed by atoms with Gasteiger partial charge < -0.3 is 18.5 Å². The second kappa shape index (κ2) is 17.9. The van der Waals surface area contributed by atoms with Crippen LogP contribution in [-0.4, -0.2) is 39.6 Å². The third-order valence-corrected chi connectivity index (χ3v) is 4.65. The van der Waals surface area contributed by atoms with Crippen molar-refractivity contribution < 1.29 is 18.5 Å². The van der Waals surface area contributed by atoms with E-state index >= 15 is 0 Å². The van der Waals surface area contributed by atoms with Crippen molar-refractivity contribution in [3.05, 3.63) is 0 Å². The topological polar surface area (TPSA) is 36.9 Å². The van der Waals surface area contributed by atoms with E-state index < -0.39 is 7.73 Å². The third kappa shape index (κ3) is 15.5. The van der Waals surface area contributed by atoms with Crippen molar-refractivity contribution in [2.45, 2.75) is 71.3 Å². The molecule has 0 aromatic heterocycles. The minimum atomic E-state index is -1.33. The molecule has 2 atom stereocenters. The molecule has 0 fully saturated rings. The third-order valence-electron chi connectivity index (χ3n) is 3.30. The van der Waals surface area contributed by atoms with Gasteiger partial charge in [0.2, 0.25) is 0 Å². The summed E-state index contributed by atoms with van der Waals surface area (Å²) >= 11 is 5.85. The van der Waals surface area contributed by atoms with Gasteiger partial charge >= 0.3 is 0 Å². The van der Waals surface area contributed by atoms with Crippen LogP contribution >= 0.6 is 19.0 Å². The predicted molar refractivity (Wildman–Crippen MR) is 94.6 cm³/mol. The van der Waals surface area contributed by atoms with E-state index in [0.29, 0.717) is 13.2 Å². The Morgan fingerprint density at radius 2 is 1.50 bits per heavy atom. The van der Waals surface area contributed by atoms with E-state index in [1.165, 1.54) is 38.5 Å². The molecule has 0 aliphatic carbocycles. The molecule has 0 radical (unpaired) electrons. The Hall–Kier alpha value is 0.560. The second-order valence-corrected chi connectivity index (χ2v) is 7.26. The molecule has 134 valence electrons. The van der Waals surface area contributed by atoms with Crippen LogP contribution in [0.25, 0.3) is 0 Å². The number of hydrogen-bond acceptors (Lipinski definition) is 4. The lowest BCUT2D eigenvalue weighted by atomic mass is 10.2. The minimum Gasteiger partial charge on any atom is -0.379 e. The van der Waals surface area contributed by atoms with Gasteiger partial charge in [0.1, 0.15) is 6.10 Å². The van der Waals surface area contributed by atoms with Gasteiger partial charge in [-0.1, -0.05) is 52.4 Å². The summed E-state index contributed by atoms with van der Waals surface area (Å²) in [5, 5.41) is 0. The number of unbranched alkanes of at least 4 members (excludes halogenated alkanes) is 6. The molecular weight excluding hydrogens is 323 g/mol. The molecule has 2 unspecified atom stereocenters. The van der Waals surface area contributed by atoms with Gasteiger partial charge in [0.05, 0.1) is 13.2 Å². The first-order valence-corrected chi connectivity index (χ1v) is 10.6. The smallest absolute Gasteiger partial charge is 0.276 e. The van der Waals surface area contributed by atoms with Gasteiger partial charge in [0, 0.05) is 20.3 Å². The zero-order valence-corrected chi connectivity index (χ0v) is 16.2. The van der Waals surface area contributed by atoms with Crippen molar-refractivity contribution in [2.75, 3.05) is 33.5 Å². The van der Waals surface area contributed by atoms with Crippen LogP contribution in [0.2, 0.25) is 0 Å². The maximum atomic E-state index is 5.86. The summed E-state index contributed by atoms with van der Waals surface area (Å²) in [6, 6.07) is 0. The van der Waals surface area contributed by atoms with Gasteiger partial charge in [-0.25, -0.2) is 0 Å². The van der Waals surface area contributed by atoms with Gasteiger partial charge in [-0.2, -0.15) is 0 Å². The Balaban J connectivity index is 3.79. The molecule has 0 aliphatic heterocycles. The molecule has 4 nitrogen and oxygen atoms in total. The monoisotopic (exact) mass is 356 g/mol. The Morgan fingerprint density at radius 3 is 2.09 bits per heavy atom. The van der Waals surface area contributed by atoms with Gasteiger partial charge in [-0.15, -0.1) is 0 Å². The molecule has 0 aromatic rings. The molecule has 6 heteroatoms. The highest BCUT2D eigenvalue weighted by atomic mass is 35.7. The van der Waals surface area contributed by atoms with Crippen molar-refractivity contribution in [1.29, 1.82) is 0 Å². The highest BCUT2D eigenvalue weighted by molar-refractivity contribution is 7.76. The van der Waals surface area contributed by atoms with Crippen LogP contribution in [0.1, 0.15) is 65.2 Å². The van der Waals surface area contributed by atoms with Crippen LogP contribution in [0.5, 0.6) is 0 Å². The average molecular weight is 357 g/mol. The van der Waals surface area contributed by atoms with Crippen LogP contribution in [-0.2, 0) is 18.5 Å². The molecule has 0 saturated heterocycles. The van der Waals surface area contributed by atoms with Crippen LogP contribution in [0.3, 0.4) is 0 Å². The van der Waals surface area contributed by atoms with Crippen molar-refractivity contribution in [2.24, 2.45) is 0 Å². The first kappa shape index (κ1) is 22.6. The fourth-order valence-electron chi connectivity index (χ4n) is 1.96. The summed E-state index contributed by atoms with van der Waals surface area (Å²) in [7, 11) is 0.220. The Morgan fingerprint density at radius 1 is 0.864 bits per heavy atom. The number of hydrogen-bond donors (Lipinski definition) is 0. The van der Waals surface area contributed by atoms with Crippen LogP contribution in [0, 0.1) is 0 Å². The van der Waals surface area contributed by atoms with E-state index in [2.05, 4.69) is 13.8 Å². The molecule has 0 saturated carbocycles. The molecule has 0 aliphatic rings. The van der Waals surface area contributed by atoms with Gasteiger partial charge in [0.25, 0.3) is 7.73 Å². The fourth-order valence-corrected chi connectivity index (χ4v) is 2.52. The molecular formula is C16H34ClO4P. The van der Waals surface area contributed by atoms with Crippen LogP contribution in [0.4, 0.5) is 0 Å². The lowest BCUT2D eigenvalue weighted by Gasteiger charge is -2.19. The van der Waals surface area contributed by atoms with Crippen molar-refractivity contribution in [1.82, 2.24) is 0 Å². The molecule has 0 heterocycles. The zero-order valence-electron chi connectivity index (χ0n) is 14.5. The molecule has 0 spiro atoms. The van der Waals surface area contributed by atoms with E-state index in [1.54, 1.807) is 7.11 Å². The summed E-state index contributed by atoms with van der Waals surface area (Å²) in [6.45, 7) is 6.93.